The van der Waals surface area contributed by atoms with E-state index in [2.05, 4.69) is 8.37 Å². The second kappa shape index (κ2) is 6.19. The van der Waals surface area contributed by atoms with Gasteiger partial charge in [-0.15, -0.1) is 0 Å². The Labute approximate surface area is 124 Å². The highest BCUT2D eigenvalue weighted by Gasteiger charge is 2.55. The minimum absolute atomic E-state index is 0.437. The average Bonchev–Trinajstić information content (AvgIpc) is 2.30. The molecule has 0 unspecified atom stereocenters. The molecule has 21 heavy (non-hydrogen) atoms. The quantitative estimate of drug-likeness (QED) is 0.343. The molecule has 1 N–H and O–H groups in total. The molecule has 126 valence electrons. The van der Waals surface area contributed by atoms with Gasteiger partial charge < -0.3 is 4.43 Å². The molecule has 0 atom stereocenters. The Hall–Kier alpha value is -0.0931. The van der Waals surface area contributed by atoms with Crippen LogP contribution in [0.15, 0.2) is 0 Å². The van der Waals surface area contributed by atoms with E-state index >= 15 is 0 Å². The zero-order chi connectivity index (χ0) is 16.5. The molecule has 1 fully saturated rings. The summed E-state index contributed by atoms with van der Waals surface area (Å²) in [6.45, 7) is 1.13. The fraction of sp³-hybridized carbons (Fsp3) is 1.00. The summed E-state index contributed by atoms with van der Waals surface area (Å²) in [6, 6.07) is 0. The van der Waals surface area contributed by atoms with Crippen LogP contribution in [0.25, 0.3) is 0 Å². The molecule has 10 nitrogen and oxygen atoms in total. The van der Waals surface area contributed by atoms with Crippen LogP contribution in [0.3, 0.4) is 0 Å². The van der Waals surface area contributed by atoms with Gasteiger partial charge in [-0.05, 0) is 13.1 Å². The first-order valence-electron chi connectivity index (χ1n) is 5.63. The van der Waals surface area contributed by atoms with Crippen LogP contribution in [0.4, 0.5) is 0 Å². The summed E-state index contributed by atoms with van der Waals surface area (Å²) in [4.78, 5) is 0. The van der Waals surface area contributed by atoms with E-state index in [1.54, 1.807) is 0 Å². The van der Waals surface area contributed by atoms with Crippen LogP contribution >= 0.6 is 0 Å². The van der Waals surface area contributed by atoms with Crippen LogP contribution in [0.2, 0.25) is 13.1 Å². The van der Waals surface area contributed by atoms with E-state index in [4.69, 9.17) is 8.98 Å². The molecule has 0 aromatic carbocycles. The van der Waals surface area contributed by atoms with Crippen molar-refractivity contribution in [2.24, 2.45) is 0 Å². The molecule has 1 rings (SSSR count). The van der Waals surface area contributed by atoms with Gasteiger partial charge in [-0.1, -0.05) is 0 Å². The third-order valence-corrected chi connectivity index (χ3v) is 13.8. The molecule has 1 saturated heterocycles. The van der Waals surface area contributed by atoms with Crippen molar-refractivity contribution < 1.29 is 42.6 Å². The normalized spacial score (nSPS) is 23.6. The van der Waals surface area contributed by atoms with Crippen molar-refractivity contribution in [2.45, 2.75) is 17.3 Å². The van der Waals surface area contributed by atoms with Gasteiger partial charge in [-0.2, -0.15) is 25.3 Å². The van der Waals surface area contributed by atoms with E-state index in [9.17, 15) is 25.3 Å². The SMILES string of the molecule is C[Si](C)(OCCS(=O)(=O)O)C1S(=O)(=O)OCCOS1(=O)=O. The average molecular weight is 384 g/mol. The molecule has 0 aromatic heterocycles. The molecule has 0 aliphatic carbocycles. The molecule has 0 radical (unpaired) electrons. The topological polar surface area (TPSA) is 150 Å². The molecule has 0 spiro atoms. The summed E-state index contributed by atoms with van der Waals surface area (Å²) >= 11 is 0. The summed E-state index contributed by atoms with van der Waals surface area (Å²) in [7, 11) is -16.8. The Morgan fingerprint density at radius 3 is 1.95 bits per heavy atom. The lowest BCUT2D eigenvalue weighted by Gasteiger charge is -2.28. The smallest absolute Gasteiger partial charge is 0.287 e. The van der Waals surface area contributed by atoms with Crippen LogP contribution in [0.1, 0.15) is 0 Å². The van der Waals surface area contributed by atoms with Gasteiger partial charge in [0.1, 0.15) is 0 Å². The van der Waals surface area contributed by atoms with Crippen LogP contribution in [0, 0.1) is 0 Å². The molecule has 1 aliphatic rings. The third kappa shape index (κ3) is 5.24. The van der Waals surface area contributed by atoms with Crippen LogP contribution in [0.5, 0.6) is 0 Å². The maximum atomic E-state index is 11.9. The third-order valence-electron chi connectivity index (χ3n) is 2.49. The Morgan fingerprint density at radius 2 is 1.57 bits per heavy atom. The summed E-state index contributed by atoms with van der Waals surface area (Å²) in [5.74, 6) is -0.780. The van der Waals surface area contributed by atoms with Gasteiger partial charge in [-0.3, -0.25) is 12.9 Å². The Kier molecular flexibility index (Phi) is 5.59. The number of rotatable bonds is 5. The van der Waals surface area contributed by atoms with Gasteiger partial charge in [0.2, 0.25) is 12.5 Å². The zero-order valence-electron chi connectivity index (χ0n) is 11.3. The van der Waals surface area contributed by atoms with Gasteiger partial charge in [0.25, 0.3) is 30.4 Å². The zero-order valence-corrected chi connectivity index (χ0v) is 14.7. The summed E-state index contributed by atoms with van der Waals surface area (Å²) in [6.07, 6.45) is 0. The van der Waals surface area contributed by atoms with E-state index in [0.29, 0.717) is 0 Å². The van der Waals surface area contributed by atoms with Gasteiger partial charge >= 0.3 is 0 Å². The molecule has 0 aromatic rings. The van der Waals surface area contributed by atoms with E-state index in [-0.39, 0.29) is 0 Å². The lowest BCUT2D eigenvalue weighted by atomic mass is 10.8. The molecule has 14 heteroatoms. The maximum Gasteiger partial charge on any atom is 0.287 e. The second-order valence-electron chi connectivity index (χ2n) is 4.70. The van der Waals surface area contributed by atoms with E-state index in [1.165, 1.54) is 13.1 Å². The molecule has 1 heterocycles. The van der Waals surface area contributed by atoms with Gasteiger partial charge in [0, 0.05) is 0 Å². The highest BCUT2D eigenvalue weighted by atomic mass is 32.3. The van der Waals surface area contributed by atoms with Crippen molar-refractivity contribution in [3.05, 3.63) is 0 Å². The van der Waals surface area contributed by atoms with Gasteiger partial charge in [-0.25, -0.2) is 0 Å². The first kappa shape index (κ1) is 19.0. The predicted octanol–water partition coefficient (Wildman–Crippen LogP) is -1.33. The van der Waals surface area contributed by atoms with E-state index in [1.807, 2.05) is 0 Å². The predicted molar refractivity (Wildman–Crippen MR) is 73.4 cm³/mol. The van der Waals surface area contributed by atoms with Crippen LogP contribution in [-0.2, 0) is 43.1 Å². The minimum Gasteiger partial charge on any atom is -0.414 e. The fourth-order valence-corrected chi connectivity index (χ4v) is 11.7. The minimum atomic E-state index is -4.48. The van der Waals surface area contributed by atoms with Crippen molar-refractivity contribution in [3.8, 4) is 0 Å². The summed E-state index contributed by atoms with van der Waals surface area (Å²) in [5, 5.41) is 0. The standard InChI is InChI=1S/C7H16O10S3Si/c1-21(2,17-5-6-18(8,9)10)7-19(11,12)15-3-4-16-20(7,13)14/h7H,3-6H2,1-2H3,(H,8,9,10). The van der Waals surface area contributed by atoms with Crippen molar-refractivity contribution in [1.29, 1.82) is 0 Å². The molecular weight excluding hydrogens is 368 g/mol. The van der Waals surface area contributed by atoms with Crippen molar-refractivity contribution in [3.63, 3.8) is 0 Å². The fourth-order valence-electron chi connectivity index (χ4n) is 1.74. The first-order valence-corrected chi connectivity index (χ1v) is 13.2. The Balaban J connectivity index is 3.06. The monoisotopic (exact) mass is 384 g/mol. The molecule has 0 bridgehead atoms. The Bertz CT molecular complexity index is 640. The maximum absolute atomic E-state index is 11.9. The molecular formula is C7H16O10S3Si. The lowest BCUT2D eigenvalue weighted by Crippen LogP contribution is -2.54. The molecule has 0 saturated carbocycles. The highest BCUT2D eigenvalue weighted by molar-refractivity contribution is 8.07. The summed E-state index contributed by atoms with van der Waals surface area (Å²) < 4.78 is 89.7. The van der Waals surface area contributed by atoms with E-state index in [0.717, 1.165) is 0 Å². The Morgan fingerprint density at radius 1 is 1.14 bits per heavy atom. The number of hydrogen-bond acceptors (Lipinski definition) is 9. The molecule has 1 aliphatic heterocycles. The van der Waals surface area contributed by atoms with E-state index < -0.39 is 68.5 Å². The second-order valence-corrected chi connectivity index (χ2v) is 14.9. The first-order chi connectivity index (χ1) is 9.28. The van der Waals surface area contributed by atoms with Crippen LogP contribution < -0.4 is 0 Å². The van der Waals surface area contributed by atoms with Crippen molar-refractivity contribution >= 4 is 38.7 Å². The highest BCUT2D eigenvalue weighted by Crippen LogP contribution is 2.27. The van der Waals surface area contributed by atoms with Gasteiger partial charge in [0.05, 0.1) is 25.6 Å². The largest absolute Gasteiger partial charge is 0.414 e. The summed E-state index contributed by atoms with van der Waals surface area (Å²) in [5.41, 5.74) is 0. The van der Waals surface area contributed by atoms with Gasteiger partial charge in [0.15, 0.2) is 0 Å². The van der Waals surface area contributed by atoms with Crippen molar-refractivity contribution in [2.75, 3.05) is 25.6 Å². The molecule has 0 amide bonds. The lowest BCUT2D eigenvalue weighted by molar-refractivity contribution is 0.237. The number of hydrogen-bond donors (Lipinski definition) is 1. The van der Waals surface area contributed by atoms with Crippen molar-refractivity contribution in [1.82, 2.24) is 0 Å². The van der Waals surface area contributed by atoms with Crippen LogP contribution in [-0.4, -0.2) is 67.9 Å².